The Bertz CT molecular complexity index is 1160. The first kappa shape index (κ1) is 19.9. The lowest BCUT2D eigenvalue weighted by molar-refractivity contribution is -0.114. The minimum absolute atomic E-state index is 0.130. The molecule has 7 nitrogen and oxygen atoms in total. The lowest BCUT2D eigenvalue weighted by atomic mass is 9.98. The third-order valence-electron chi connectivity index (χ3n) is 5.09. The Labute approximate surface area is 175 Å². The second-order valence-electron chi connectivity index (χ2n) is 8.73. The summed E-state index contributed by atoms with van der Waals surface area (Å²) in [5.41, 5.74) is 5.24. The van der Waals surface area contributed by atoms with Crippen molar-refractivity contribution in [2.24, 2.45) is 7.05 Å². The zero-order chi connectivity index (χ0) is 21.6. The van der Waals surface area contributed by atoms with E-state index >= 15 is 0 Å². The van der Waals surface area contributed by atoms with Crippen molar-refractivity contribution in [2.45, 2.75) is 46.4 Å². The summed E-state index contributed by atoms with van der Waals surface area (Å²) < 4.78 is 7.29. The summed E-state index contributed by atoms with van der Waals surface area (Å²) in [6.07, 6.45) is 1.50. The van der Waals surface area contributed by atoms with E-state index in [9.17, 15) is 9.59 Å². The summed E-state index contributed by atoms with van der Waals surface area (Å²) in [7, 11) is 1.88. The van der Waals surface area contributed by atoms with E-state index in [2.05, 4.69) is 16.5 Å². The summed E-state index contributed by atoms with van der Waals surface area (Å²) in [5, 5.41) is 8.25. The van der Waals surface area contributed by atoms with Gasteiger partial charge in [0, 0.05) is 38.0 Å². The van der Waals surface area contributed by atoms with Crippen molar-refractivity contribution in [3.05, 3.63) is 47.7 Å². The van der Waals surface area contributed by atoms with Crippen LogP contribution in [0.2, 0.25) is 0 Å². The highest BCUT2D eigenvalue weighted by Gasteiger charge is 2.28. The van der Waals surface area contributed by atoms with Gasteiger partial charge < -0.3 is 10.1 Å². The molecule has 0 spiro atoms. The van der Waals surface area contributed by atoms with Crippen LogP contribution in [-0.2, 0) is 29.7 Å². The number of aryl methyl sites for hydroxylation is 1. The number of carbonyl (C=O) groups excluding carboxylic acids is 2. The minimum atomic E-state index is -0.524. The van der Waals surface area contributed by atoms with Gasteiger partial charge in [0.1, 0.15) is 5.60 Å². The van der Waals surface area contributed by atoms with Crippen LogP contribution in [0.5, 0.6) is 0 Å². The molecule has 3 aromatic rings. The first-order chi connectivity index (χ1) is 14.1. The van der Waals surface area contributed by atoms with Gasteiger partial charge >= 0.3 is 6.09 Å². The molecule has 2 aromatic carbocycles. The van der Waals surface area contributed by atoms with E-state index in [1.54, 1.807) is 9.58 Å². The highest BCUT2D eigenvalue weighted by atomic mass is 16.6. The molecule has 1 aliphatic rings. The van der Waals surface area contributed by atoms with Gasteiger partial charge in [-0.3, -0.25) is 14.4 Å². The number of aromatic nitrogens is 2. The van der Waals surface area contributed by atoms with E-state index in [1.807, 2.05) is 58.3 Å². The second kappa shape index (κ2) is 7.16. The number of benzene rings is 2. The van der Waals surface area contributed by atoms with Crippen molar-refractivity contribution in [1.82, 2.24) is 14.7 Å². The molecule has 1 N–H and O–H groups in total. The minimum Gasteiger partial charge on any atom is -0.444 e. The van der Waals surface area contributed by atoms with Crippen LogP contribution >= 0.6 is 0 Å². The lowest BCUT2D eigenvalue weighted by Gasteiger charge is -2.24. The van der Waals surface area contributed by atoms with E-state index in [1.165, 1.54) is 6.92 Å². The number of nitrogens with one attached hydrogen (secondary N) is 1. The van der Waals surface area contributed by atoms with E-state index in [-0.39, 0.29) is 12.0 Å². The van der Waals surface area contributed by atoms with Gasteiger partial charge in [0.2, 0.25) is 5.91 Å². The van der Waals surface area contributed by atoms with Gasteiger partial charge in [-0.25, -0.2) is 4.79 Å². The molecule has 0 saturated carbocycles. The summed E-state index contributed by atoms with van der Waals surface area (Å²) in [6.45, 7) is 8.13. The van der Waals surface area contributed by atoms with Crippen molar-refractivity contribution in [3.8, 4) is 11.1 Å². The van der Waals surface area contributed by atoms with Gasteiger partial charge in [0.25, 0.3) is 0 Å². The number of hydrogen-bond acceptors (Lipinski definition) is 4. The number of carbonyl (C=O) groups is 2. The van der Waals surface area contributed by atoms with E-state index in [0.29, 0.717) is 13.1 Å². The largest absolute Gasteiger partial charge is 0.444 e. The molecule has 2 amide bonds. The zero-order valence-electron chi connectivity index (χ0n) is 17.9. The molecule has 156 valence electrons. The van der Waals surface area contributed by atoms with Gasteiger partial charge in [-0.05, 0) is 55.7 Å². The topological polar surface area (TPSA) is 76.5 Å². The number of anilines is 1. The van der Waals surface area contributed by atoms with E-state index in [0.717, 1.165) is 38.8 Å². The van der Waals surface area contributed by atoms with Crippen LogP contribution in [0.4, 0.5) is 10.5 Å². The van der Waals surface area contributed by atoms with Crippen molar-refractivity contribution < 1.29 is 14.3 Å². The van der Waals surface area contributed by atoms with Crippen molar-refractivity contribution in [1.29, 1.82) is 0 Å². The fourth-order valence-electron chi connectivity index (χ4n) is 3.75. The van der Waals surface area contributed by atoms with Crippen molar-refractivity contribution in [3.63, 3.8) is 0 Å². The molecule has 0 unspecified atom stereocenters. The van der Waals surface area contributed by atoms with Crippen LogP contribution in [0.15, 0.2) is 36.5 Å². The van der Waals surface area contributed by atoms with Gasteiger partial charge in [-0.1, -0.05) is 12.1 Å². The van der Waals surface area contributed by atoms with Crippen molar-refractivity contribution >= 4 is 28.6 Å². The van der Waals surface area contributed by atoms with Crippen LogP contribution in [0.3, 0.4) is 0 Å². The van der Waals surface area contributed by atoms with Crippen LogP contribution in [0.1, 0.15) is 38.8 Å². The molecule has 2 heterocycles. The predicted molar refractivity (Wildman–Crippen MR) is 116 cm³/mol. The Morgan fingerprint density at radius 2 is 1.83 bits per heavy atom. The van der Waals surface area contributed by atoms with E-state index in [4.69, 9.17) is 4.74 Å². The molecule has 0 saturated heterocycles. The Balaban J connectivity index is 1.69. The quantitative estimate of drug-likeness (QED) is 0.682. The fourth-order valence-corrected chi connectivity index (χ4v) is 3.75. The SMILES string of the molecule is CC(=O)Nc1cc2c(cnn2C)cc1-c1ccc2c(c1)CN(C(=O)OC(C)(C)C)C2. The normalized spacial score (nSPS) is 13.4. The fraction of sp³-hybridized carbons (Fsp3) is 0.348. The number of fused-ring (bicyclic) bond motifs is 2. The average molecular weight is 406 g/mol. The molecule has 0 fully saturated rings. The Hall–Kier alpha value is -3.35. The summed E-state index contributed by atoms with van der Waals surface area (Å²) >= 11 is 0. The molecule has 1 aliphatic heterocycles. The van der Waals surface area contributed by atoms with Gasteiger partial charge in [0.05, 0.1) is 17.4 Å². The summed E-state index contributed by atoms with van der Waals surface area (Å²) in [4.78, 5) is 25.9. The van der Waals surface area contributed by atoms with Crippen molar-refractivity contribution in [2.75, 3.05) is 5.32 Å². The third-order valence-corrected chi connectivity index (χ3v) is 5.09. The molecular weight excluding hydrogens is 380 g/mol. The molecule has 4 rings (SSSR count). The highest BCUT2D eigenvalue weighted by molar-refractivity contribution is 5.99. The Morgan fingerprint density at radius 1 is 1.10 bits per heavy atom. The maximum absolute atomic E-state index is 12.5. The Kier molecular flexibility index (Phi) is 4.76. The third kappa shape index (κ3) is 3.87. The van der Waals surface area contributed by atoms with Gasteiger partial charge in [0.15, 0.2) is 0 Å². The second-order valence-corrected chi connectivity index (χ2v) is 8.73. The summed E-state index contributed by atoms with van der Waals surface area (Å²) in [6, 6.07) is 10.1. The number of amides is 2. The first-order valence-corrected chi connectivity index (χ1v) is 9.94. The monoisotopic (exact) mass is 406 g/mol. The number of nitrogens with zero attached hydrogens (tertiary/aromatic N) is 3. The van der Waals surface area contributed by atoms with Crippen LogP contribution < -0.4 is 5.32 Å². The zero-order valence-corrected chi connectivity index (χ0v) is 17.9. The average Bonchev–Trinajstić information content (AvgIpc) is 3.22. The van der Waals surface area contributed by atoms with Crippen LogP contribution in [-0.4, -0.2) is 32.3 Å². The van der Waals surface area contributed by atoms with Gasteiger partial charge in [-0.15, -0.1) is 0 Å². The molecular formula is C23H26N4O3. The van der Waals surface area contributed by atoms with Gasteiger partial charge in [-0.2, -0.15) is 5.10 Å². The van der Waals surface area contributed by atoms with E-state index < -0.39 is 5.60 Å². The van der Waals surface area contributed by atoms with Crippen LogP contribution in [0, 0.1) is 0 Å². The molecule has 0 atom stereocenters. The van der Waals surface area contributed by atoms with Crippen LogP contribution in [0.25, 0.3) is 22.0 Å². The smallest absolute Gasteiger partial charge is 0.410 e. The molecule has 0 radical (unpaired) electrons. The first-order valence-electron chi connectivity index (χ1n) is 9.94. The molecule has 0 aliphatic carbocycles. The summed E-state index contributed by atoms with van der Waals surface area (Å²) in [5.74, 6) is -0.130. The highest BCUT2D eigenvalue weighted by Crippen LogP contribution is 2.35. The Morgan fingerprint density at radius 3 is 2.53 bits per heavy atom. The molecule has 7 heteroatoms. The maximum Gasteiger partial charge on any atom is 0.410 e. The lowest BCUT2D eigenvalue weighted by Crippen LogP contribution is -2.33. The maximum atomic E-state index is 12.5. The number of ether oxygens (including phenoxy) is 1. The molecule has 30 heavy (non-hydrogen) atoms. The number of rotatable bonds is 2. The molecule has 1 aromatic heterocycles. The molecule has 0 bridgehead atoms. The number of hydrogen-bond donors (Lipinski definition) is 1. The standard InChI is InChI=1S/C23H26N4O3/c1-14(28)25-20-10-21-17(11-24-26(21)5)9-19(20)15-6-7-16-12-27(13-18(16)8-15)22(29)30-23(2,3)4/h6-11H,12-13H2,1-5H3,(H,25,28). The predicted octanol–water partition coefficient (Wildman–Crippen LogP) is 4.45.